The van der Waals surface area contributed by atoms with Gasteiger partial charge in [0, 0.05) is 78.5 Å². The number of likely N-dealkylation sites (N-methyl/N-ethyl adjacent to an activating group) is 1. The van der Waals surface area contributed by atoms with Gasteiger partial charge in [-0.3, -0.25) is 9.80 Å². The Balaban J connectivity index is 1.45. The standard InChI is InChI=1S/C14H30N6O/c1-18-10-12-20(13-11-18)9-5-17-14(21)16-4-8-19-6-2-15-3-7-19/h15H,2-13H2,1H3,(H2,16,17,21). The first-order valence-corrected chi connectivity index (χ1v) is 8.10. The second-order valence-electron chi connectivity index (χ2n) is 5.92. The molecule has 21 heavy (non-hydrogen) atoms. The topological polar surface area (TPSA) is 62.9 Å². The molecule has 2 saturated heterocycles. The number of amides is 2. The van der Waals surface area contributed by atoms with Gasteiger partial charge >= 0.3 is 6.03 Å². The molecule has 0 saturated carbocycles. The van der Waals surface area contributed by atoms with Crippen LogP contribution in [-0.4, -0.2) is 106 Å². The molecule has 7 heteroatoms. The molecular weight excluding hydrogens is 268 g/mol. The van der Waals surface area contributed by atoms with Crippen LogP contribution in [0.4, 0.5) is 4.79 Å². The summed E-state index contributed by atoms with van der Waals surface area (Å²) in [4.78, 5) is 18.8. The molecule has 3 N–H and O–H groups in total. The zero-order valence-electron chi connectivity index (χ0n) is 13.2. The van der Waals surface area contributed by atoms with E-state index in [2.05, 4.69) is 37.7 Å². The fourth-order valence-corrected chi connectivity index (χ4v) is 2.72. The molecule has 0 unspecified atom stereocenters. The molecule has 122 valence electrons. The lowest BCUT2D eigenvalue weighted by Gasteiger charge is -2.32. The van der Waals surface area contributed by atoms with Gasteiger partial charge in [0.05, 0.1) is 0 Å². The third kappa shape index (κ3) is 6.60. The molecule has 0 radical (unpaired) electrons. The lowest BCUT2D eigenvalue weighted by atomic mass is 10.3. The molecule has 0 aromatic carbocycles. The summed E-state index contributed by atoms with van der Waals surface area (Å²) in [6.45, 7) is 12.0. The zero-order valence-corrected chi connectivity index (χ0v) is 13.2. The number of nitrogens with zero attached hydrogens (tertiary/aromatic N) is 3. The van der Waals surface area contributed by atoms with Crippen molar-refractivity contribution in [3.63, 3.8) is 0 Å². The van der Waals surface area contributed by atoms with Crippen molar-refractivity contribution in [3.8, 4) is 0 Å². The van der Waals surface area contributed by atoms with Crippen molar-refractivity contribution >= 4 is 6.03 Å². The average molecular weight is 298 g/mol. The highest BCUT2D eigenvalue weighted by Crippen LogP contribution is 1.97. The van der Waals surface area contributed by atoms with Gasteiger partial charge in [0.25, 0.3) is 0 Å². The molecular formula is C14H30N6O. The number of hydrogen-bond acceptors (Lipinski definition) is 5. The summed E-state index contributed by atoms with van der Waals surface area (Å²) in [5.74, 6) is 0. The van der Waals surface area contributed by atoms with Gasteiger partial charge in [-0.2, -0.15) is 0 Å². The van der Waals surface area contributed by atoms with Crippen molar-refractivity contribution in [1.82, 2.24) is 30.7 Å². The predicted molar refractivity (Wildman–Crippen MR) is 84.6 cm³/mol. The van der Waals surface area contributed by atoms with Crippen molar-refractivity contribution in [2.24, 2.45) is 0 Å². The Hall–Kier alpha value is -0.890. The van der Waals surface area contributed by atoms with Gasteiger partial charge in [0.1, 0.15) is 0 Å². The summed E-state index contributed by atoms with van der Waals surface area (Å²) in [5.41, 5.74) is 0. The van der Waals surface area contributed by atoms with Gasteiger partial charge in [-0.25, -0.2) is 4.79 Å². The van der Waals surface area contributed by atoms with Crippen LogP contribution in [0.2, 0.25) is 0 Å². The van der Waals surface area contributed by atoms with Crippen molar-refractivity contribution in [2.45, 2.75) is 0 Å². The Morgan fingerprint density at radius 3 is 2.00 bits per heavy atom. The smallest absolute Gasteiger partial charge is 0.314 e. The van der Waals surface area contributed by atoms with Crippen molar-refractivity contribution < 1.29 is 4.79 Å². The maximum Gasteiger partial charge on any atom is 0.314 e. The minimum atomic E-state index is -0.0424. The van der Waals surface area contributed by atoms with E-state index in [9.17, 15) is 4.79 Å². The van der Waals surface area contributed by atoms with E-state index >= 15 is 0 Å². The van der Waals surface area contributed by atoms with Crippen LogP contribution in [-0.2, 0) is 0 Å². The Labute approximate surface area is 128 Å². The van der Waals surface area contributed by atoms with Crippen LogP contribution < -0.4 is 16.0 Å². The molecule has 7 nitrogen and oxygen atoms in total. The molecule has 2 fully saturated rings. The summed E-state index contributed by atoms with van der Waals surface area (Å²) in [6, 6.07) is -0.0424. The molecule has 2 heterocycles. The van der Waals surface area contributed by atoms with Crippen molar-refractivity contribution in [1.29, 1.82) is 0 Å². The number of carbonyl (C=O) groups is 1. The molecule has 0 aliphatic carbocycles. The number of rotatable bonds is 6. The average Bonchev–Trinajstić information content (AvgIpc) is 2.50. The minimum absolute atomic E-state index is 0.0424. The van der Waals surface area contributed by atoms with E-state index in [0.717, 1.165) is 78.5 Å². The molecule has 2 aliphatic rings. The number of urea groups is 1. The van der Waals surface area contributed by atoms with Crippen LogP contribution in [0.1, 0.15) is 0 Å². The number of carbonyl (C=O) groups excluding carboxylic acids is 1. The highest BCUT2D eigenvalue weighted by atomic mass is 16.2. The van der Waals surface area contributed by atoms with Crippen LogP contribution in [0.15, 0.2) is 0 Å². The van der Waals surface area contributed by atoms with E-state index < -0.39 is 0 Å². The Kier molecular flexibility index (Phi) is 7.21. The van der Waals surface area contributed by atoms with E-state index in [1.807, 2.05) is 0 Å². The van der Waals surface area contributed by atoms with Gasteiger partial charge in [0.15, 0.2) is 0 Å². The quantitative estimate of drug-likeness (QED) is 0.553. The van der Waals surface area contributed by atoms with Gasteiger partial charge in [-0.1, -0.05) is 0 Å². The normalized spacial score (nSPS) is 22.1. The molecule has 2 amide bonds. The predicted octanol–water partition coefficient (Wildman–Crippen LogP) is -1.56. The lowest BCUT2D eigenvalue weighted by Crippen LogP contribution is -2.49. The summed E-state index contributed by atoms with van der Waals surface area (Å²) >= 11 is 0. The van der Waals surface area contributed by atoms with Gasteiger partial charge in [0.2, 0.25) is 0 Å². The Morgan fingerprint density at radius 1 is 0.905 bits per heavy atom. The molecule has 0 aromatic rings. The summed E-state index contributed by atoms with van der Waals surface area (Å²) in [6.07, 6.45) is 0. The van der Waals surface area contributed by atoms with Crippen LogP contribution in [0.5, 0.6) is 0 Å². The molecule has 0 atom stereocenters. The third-order valence-electron chi connectivity index (χ3n) is 4.23. The van der Waals surface area contributed by atoms with Crippen LogP contribution in [0.3, 0.4) is 0 Å². The summed E-state index contributed by atoms with van der Waals surface area (Å²) in [5, 5.41) is 9.21. The molecule has 2 aliphatic heterocycles. The van der Waals surface area contributed by atoms with E-state index in [1.54, 1.807) is 0 Å². The maximum absolute atomic E-state index is 11.7. The first kappa shape index (κ1) is 16.5. The molecule has 0 aromatic heterocycles. The van der Waals surface area contributed by atoms with E-state index in [-0.39, 0.29) is 6.03 Å². The Morgan fingerprint density at radius 2 is 1.43 bits per heavy atom. The fraction of sp³-hybridized carbons (Fsp3) is 0.929. The largest absolute Gasteiger partial charge is 0.337 e. The van der Waals surface area contributed by atoms with Crippen molar-refractivity contribution in [3.05, 3.63) is 0 Å². The van der Waals surface area contributed by atoms with E-state index in [0.29, 0.717) is 0 Å². The van der Waals surface area contributed by atoms with E-state index in [4.69, 9.17) is 0 Å². The highest BCUT2D eigenvalue weighted by Gasteiger charge is 2.13. The first-order chi connectivity index (χ1) is 10.2. The molecule has 0 bridgehead atoms. The SMILES string of the molecule is CN1CCN(CCNC(=O)NCCN2CCNCC2)CC1. The molecule has 0 spiro atoms. The number of nitrogens with one attached hydrogen (secondary N) is 3. The molecule has 2 rings (SSSR count). The minimum Gasteiger partial charge on any atom is -0.337 e. The summed E-state index contributed by atoms with van der Waals surface area (Å²) in [7, 11) is 2.15. The Bertz CT molecular complexity index is 300. The highest BCUT2D eigenvalue weighted by molar-refractivity contribution is 5.73. The second-order valence-corrected chi connectivity index (χ2v) is 5.92. The summed E-state index contributed by atoms with van der Waals surface area (Å²) < 4.78 is 0. The number of hydrogen-bond donors (Lipinski definition) is 3. The third-order valence-corrected chi connectivity index (χ3v) is 4.23. The van der Waals surface area contributed by atoms with Gasteiger partial charge < -0.3 is 20.9 Å². The van der Waals surface area contributed by atoms with Gasteiger partial charge in [-0.15, -0.1) is 0 Å². The first-order valence-electron chi connectivity index (χ1n) is 8.10. The second kappa shape index (κ2) is 9.19. The van der Waals surface area contributed by atoms with Crippen molar-refractivity contribution in [2.75, 3.05) is 85.6 Å². The monoisotopic (exact) mass is 298 g/mol. The zero-order chi connectivity index (χ0) is 14.9. The maximum atomic E-state index is 11.7. The van der Waals surface area contributed by atoms with E-state index in [1.165, 1.54) is 0 Å². The lowest BCUT2D eigenvalue weighted by molar-refractivity contribution is 0.155. The van der Waals surface area contributed by atoms with Crippen LogP contribution in [0, 0.1) is 0 Å². The van der Waals surface area contributed by atoms with Gasteiger partial charge in [-0.05, 0) is 7.05 Å². The van der Waals surface area contributed by atoms with Crippen LogP contribution >= 0.6 is 0 Å². The fourth-order valence-electron chi connectivity index (χ4n) is 2.72. The van der Waals surface area contributed by atoms with Crippen LogP contribution in [0.25, 0.3) is 0 Å². The number of piperazine rings is 2.